The highest BCUT2D eigenvalue weighted by Crippen LogP contribution is 2.26. The van der Waals surface area contributed by atoms with Gasteiger partial charge in [-0.3, -0.25) is 4.79 Å². The molecule has 0 aliphatic carbocycles. The first-order chi connectivity index (χ1) is 10.4. The Morgan fingerprint density at radius 2 is 1.91 bits per heavy atom. The molecule has 0 saturated carbocycles. The van der Waals surface area contributed by atoms with Crippen LogP contribution in [0, 0.1) is 11.6 Å². The maximum atomic E-state index is 13.3. The maximum Gasteiger partial charge on any atom is 0.321 e. The molecule has 1 aromatic rings. The van der Waals surface area contributed by atoms with Crippen LogP contribution in [-0.4, -0.2) is 58.9 Å². The zero-order chi connectivity index (χ0) is 16.0. The Kier molecular flexibility index (Phi) is 3.50. The molecule has 2 aliphatic rings. The fraction of sp³-hybridized carbons (Fsp3) is 0.467. The number of hydrogen-bond acceptors (Lipinski definition) is 2. The van der Waals surface area contributed by atoms with Gasteiger partial charge in [0.1, 0.15) is 6.04 Å². The molecule has 22 heavy (non-hydrogen) atoms. The molecule has 2 heterocycles. The lowest BCUT2D eigenvalue weighted by atomic mass is 10.1. The number of amides is 3. The number of benzene rings is 1. The van der Waals surface area contributed by atoms with Crippen molar-refractivity contribution < 1.29 is 18.4 Å². The van der Waals surface area contributed by atoms with E-state index in [1.807, 2.05) is 0 Å². The minimum atomic E-state index is -0.926. The van der Waals surface area contributed by atoms with Gasteiger partial charge in [0.25, 0.3) is 0 Å². The van der Waals surface area contributed by atoms with Crippen LogP contribution < -0.4 is 0 Å². The normalized spacial score (nSPS) is 25.0. The van der Waals surface area contributed by atoms with Gasteiger partial charge >= 0.3 is 6.03 Å². The number of urea groups is 1. The van der Waals surface area contributed by atoms with E-state index in [9.17, 15) is 18.4 Å². The molecule has 0 unspecified atom stereocenters. The number of carbonyl (C=O) groups is 2. The average molecular weight is 309 g/mol. The Hall–Kier alpha value is -2.18. The lowest BCUT2D eigenvalue weighted by Gasteiger charge is -2.38. The van der Waals surface area contributed by atoms with Crippen molar-refractivity contribution in [2.45, 2.75) is 25.6 Å². The van der Waals surface area contributed by atoms with Crippen LogP contribution in [0.2, 0.25) is 0 Å². The lowest BCUT2D eigenvalue weighted by Crippen LogP contribution is -2.58. The van der Waals surface area contributed by atoms with E-state index in [1.54, 1.807) is 28.7 Å². The first-order valence-electron chi connectivity index (χ1n) is 7.14. The van der Waals surface area contributed by atoms with Crippen molar-refractivity contribution in [3.05, 3.63) is 35.4 Å². The number of likely N-dealkylation sites (N-methyl/N-ethyl adjacent to an activating group) is 1. The third kappa shape index (κ3) is 2.30. The molecule has 3 rings (SSSR count). The van der Waals surface area contributed by atoms with Crippen LogP contribution in [0.15, 0.2) is 18.2 Å². The van der Waals surface area contributed by atoms with E-state index in [4.69, 9.17) is 0 Å². The zero-order valence-electron chi connectivity index (χ0n) is 12.4. The van der Waals surface area contributed by atoms with Gasteiger partial charge in [0.05, 0.1) is 6.04 Å². The number of halogens is 2. The van der Waals surface area contributed by atoms with E-state index >= 15 is 0 Å². The number of piperazine rings is 1. The summed E-state index contributed by atoms with van der Waals surface area (Å²) in [6.07, 6.45) is 0. The zero-order valence-corrected chi connectivity index (χ0v) is 12.4. The molecule has 2 aliphatic heterocycles. The Bertz CT molecular complexity index is 637. The van der Waals surface area contributed by atoms with Crippen LogP contribution in [0.3, 0.4) is 0 Å². The van der Waals surface area contributed by atoms with E-state index in [-0.39, 0.29) is 24.5 Å². The molecular formula is C15H17F2N3O2. The first kappa shape index (κ1) is 14.7. The molecule has 0 spiro atoms. The summed E-state index contributed by atoms with van der Waals surface area (Å²) in [6, 6.07) is 2.83. The van der Waals surface area contributed by atoms with Crippen molar-refractivity contribution in [3.63, 3.8) is 0 Å². The monoisotopic (exact) mass is 309 g/mol. The van der Waals surface area contributed by atoms with Crippen LogP contribution >= 0.6 is 0 Å². The number of fused-ring (bicyclic) bond motifs is 1. The smallest absolute Gasteiger partial charge is 0.321 e. The summed E-state index contributed by atoms with van der Waals surface area (Å²) in [5, 5.41) is 0. The van der Waals surface area contributed by atoms with Crippen molar-refractivity contribution in [1.82, 2.24) is 14.7 Å². The van der Waals surface area contributed by atoms with Crippen LogP contribution in [0.1, 0.15) is 12.5 Å². The SMILES string of the molecule is C[C@H]1C(=O)N(C)C[C@@H]2CN(Cc3ccc(F)c(F)c3)C(=O)N21. The number of nitrogens with zero attached hydrogens (tertiary/aromatic N) is 3. The van der Waals surface area contributed by atoms with Crippen molar-refractivity contribution in [1.29, 1.82) is 0 Å². The van der Waals surface area contributed by atoms with Gasteiger partial charge in [-0.15, -0.1) is 0 Å². The second-order valence-corrected chi connectivity index (χ2v) is 5.87. The second-order valence-electron chi connectivity index (χ2n) is 5.87. The summed E-state index contributed by atoms with van der Waals surface area (Å²) in [5.74, 6) is -1.92. The van der Waals surface area contributed by atoms with Gasteiger partial charge in [-0.25, -0.2) is 13.6 Å². The van der Waals surface area contributed by atoms with Gasteiger partial charge in [0, 0.05) is 26.7 Å². The standard InChI is InChI=1S/C15H17F2N3O2/c1-9-14(21)18(2)7-11-8-19(15(22)20(9)11)6-10-3-4-12(16)13(17)5-10/h3-5,9,11H,6-8H2,1-2H3/t9-,11+/m0/s1. The number of hydrogen-bond donors (Lipinski definition) is 0. The summed E-state index contributed by atoms with van der Waals surface area (Å²) in [4.78, 5) is 29.2. The summed E-state index contributed by atoms with van der Waals surface area (Å²) in [6.45, 7) is 2.88. The molecule has 0 N–H and O–H groups in total. The minimum absolute atomic E-state index is 0.0597. The molecule has 3 amide bonds. The first-order valence-corrected chi connectivity index (χ1v) is 7.14. The van der Waals surface area contributed by atoms with Crippen LogP contribution in [0.4, 0.5) is 13.6 Å². The molecule has 118 valence electrons. The number of rotatable bonds is 2. The average Bonchev–Trinajstić information content (AvgIpc) is 2.77. The molecule has 7 heteroatoms. The highest BCUT2D eigenvalue weighted by Gasteiger charge is 2.46. The molecule has 2 saturated heterocycles. The molecule has 0 radical (unpaired) electrons. The highest BCUT2D eigenvalue weighted by molar-refractivity contribution is 5.89. The van der Waals surface area contributed by atoms with Gasteiger partial charge in [-0.2, -0.15) is 0 Å². The van der Waals surface area contributed by atoms with Gasteiger partial charge in [0.15, 0.2) is 11.6 Å². The van der Waals surface area contributed by atoms with Gasteiger partial charge in [0.2, 0.25) is 5.91 Å². The van der Waals surface area contributed by atoms with Crippen LogP contribution in [0.25, 0.3) is 0 Å². The Balaban J connectivity index is 1.78. The number of carbonyl (C=O) groups excluding carboxylic acids is 2. The van der Waals surface area contributed by atoms with Crippen molar-refractivity contribution >= 4 is 11.9 Å². The second kappa shape index (κ2) is 5.23. The van der Waals surface area contributed by atoms with E-state index in [0.29, 0.717) is 18.7 Å². The summed E-state index contributed by atoms with van der Waals surface area (Å²) in [5.41, 5.74) is 0.527. The molecular weight excluding hydrogens is 292 g/mol. The fourth-order valence-corrected chi connectivity index (χ4v) is 3.20. The molecule has 5 nitrogen and oxygen atoms in total. The van der Waals surface area contributed by atoms with E-state index < -0.39 is 17.7 Å². The third-order valence-electron chi connectivity index (χ3n) is 4.31. The van der Waals surface area contributed by atoms with E-state index in [0.717, 1.165) is 12.1 Å². The largest absolute Gasteiger partial charge is 0.342 e. The Morgan fingerprint density at radius 1 is 1.18 bits per heavy atom. The van der Waals surface area contributed by atoms with Crippen LogP contribution in [-0.2, 0) is 11.3 Å². The molecule has 0 aromatic heterocycles. The third-order valence-corrected chi connectivity index (χ3v) is 4.31. The lowest BCUT2D eigenvalue weighted by molar-refractivity contribution is -0.139. The van der Waals surface area contributed by atoms with E-state index in [2.05, 4.69) is 0 Å². The fourth-order valence-electron chi connectivity index (χ4n) is 3.20. The van der Waals surface area contributed by atoms with Gasteiger partial charge in [-0.05, 0) is 24.6 Å². The quantitative estimate of drug-likeness (QED) is 0.829. The highest BCUT2D eigenvalue weighted by atomic mass is 19.2. The maximum absolute atomic E-state index is 13.3. The van der Waals surface area contributed by atoms with Crippen molar-refractivity contribution in [3.8, 4) is 0 Å². The summed E-state index contributed by atoms with van der Waals surface area (Å²) in [7, 11) is 1.72. The minimum Gasteiger partial charge on any atom is -0.342 e. The molecule has 1 aromatic carbocycles. The Morgan fingerprint density at radius 3 is 2.59 bits per heavy atom. The Labute approximate surface area is 127 Å². The molecule has 0 bridgehead atoms. The summed E-state index contributed by atoms with van der Waals surface area (Å²) < 4.78 is 26.2. The molecule has 2 fully saturated rings. The molecule has 2 atom stereocenters. The van der Waals surface area contributed by atoms with Crippen molar-refractivity contribution in [2.24, 2.45) is 0 Å². The van der Waals surface area contributed by atoms with Gasteiger partial charge in [-0.1, -0.05) is 6.07 Å². The van der Waals surface area contributed by atoms with Crippen molar-refractivity contribution in [2.75, 3.05) is 20.1 Å². The summed E-state index contributed by atoms with van der Waals surface area (Å²) >= 11 is 0. The van der Waals surface area contributed by atoms with Crippen LogP contribution in [0.5, 0.6) is 0 Å². The topological polar surface area (TPSA) is 43.9 Å². The predicted molar refractivity (Wildman–Crippen MR) is 74.9 cm³/mol. The predicted octanol–water partition coefficient (Wildman–Crippen LogP) is 1.43. The van der Waals surface area contributed by atoms with Gasteiger partial charge < -0.3 is 14.7 Å². The van der Waals surface area contributed by atoms with E-state index in [1.165, 1.54) is 6.07 Å².